The number of hydrogen-bond donors (Lipinski definition) is 1. The molecule has 1 aromatic heterocycles. The zero-order chi connectivity index (χ0) is 11.4. The van der Waals surface area contributed by atoms with Crippen molar-refractivity contribution >= 4 is 0 Å². The fourth-order valence-corrected chi connectivity index (χ4v) is 1.38. The molecule has 0 saturated carbocycles. The van der Waals surface area contributed by atoms with E-state index < -0.39 is 11.6 Å². The lowest BCUT2D eigenvalue weighted by Crippen LogP contribution is -2.12. The van der Waals surface area contributed by atoms with Crippen molar-refractivity contribution in [2.45, 2.75) is 13.1 Å². The van der Waals surface area contributed by atoms with E-state index in [0.717, 1.165) is 6.07 Å². The third-order valence-electron chi connectivity index (χ3n) is 2.04. The molecule has 0 fully saturated rings. The van der Waals surface area contributed by atoms with Gasteiger partial charge in [0.05, 0.1) is 12.7 Å². The van der Waals surface area contributed by atoms with Crippen LogP contribution in [0.25, 0.3) is 0 Å². The highest BCUT2D eigenvalue weighted by atomic mass is 19.1. The Labute approximate surface area is 91.1 Å². The van der Waals surface area contributed by atoms with Crippen LogP contribution in [0.3, 0.4) is 0 Å². The van der Waals surface area contributed by atoms with Gasteiger partial charge in [-0.1, -0.05) is 5.16 Å². The first-order chi connectivity index (χ1) is 7.74. The summed E-state index contributed by atoms with van der Waals surface area (Å²) in [6.45, 7) is 0.841. The van der Waals surface area contributed by atoms with E-state index in [0.29, 0.717) is 24.4 Å². The Bertz CT molecular complexity index is 437. The lowest BCUT2D eigenvalue weighted by atomic mass is 10.2. The van der Waals surface area contributed by atoms with Crippen molar-refractivity contribution < 1.29 is 13.3 Å². The Hall–Kier alpha value is -1.75. The highest BCUT2D eigenvalue weighted by molar-refractivity contribution is 5.17. The van der Waals surface area contributed by atoms with Gasteiger partial charge < -0.3 is 9.84 Å². The molecule has 0 radical (unpaired) electrons. The number of aromatic nitrogens is 1. The third kappa shape index (κ3) is 2.87. The maximum atomic E-state index is 12.8. The minimum absolute atomic E-state index is 0.370. The SMILES string of the molecule is Fc1cc(F)cc(CNCc2ccno2)c1. The minimum atomic E-state index is -0.573. The van der Waals surface area contributed by atoms with Gasteiger partial charge in [-0.15, -0.1) is 0 Å². The van der Waals surface area contributed by atoms with E-state index in [2.05, 4.69) is 10.5 Å². The summed E-state index contributed by atoms with van der Waals surface area (Å²) < 4.78 is 30.5. The summed E-state index contributed by atoms with van der Waals surface area (Å²) >= 11 is 0. The van der Waals surface area contributed by atoms with Gasteiger partial charge in [-0.3, -0.25) is 0 Å². The van der Waals surface area contributed by atoms with Crippen LogP contribution in [0.2, 0.25) is 0 Å². The van der Waals surface area contributed by atoms with Crippen LogP contribution < -0.4 is 5.32 Å². The second kappa shape index (κ2) is 4.85. The van der Waals surface area contributed by atoms with Crippen LogP contribution >= 0.6 is 0 Å². The molecule has 84 valence electrons. The van der Waals surface area contributed by atoms with Crippen LogP contribution in [0.5, 0.6) is 0 Å². The Morgan fingerprint density at radius 2 is 1.88 bits per heavy atom. The van der Waals surface area contributed by atoms with E-state index in [1.165, 1.54) is 12.1 Å². The van der Waals surface area contributed by atoms with Gasteiger partial charge >= 0.3 is 0 Å². The largest absolute Gasteiger partial charge is 0.360 e. The van der Waals surface area contributed by atoms with Gasteiger partial charge in [0.25, 0.3) is 0 Å². The van der Waals surface area contributed by atoms with Crippen LogP contribution in [0.4, 0.5) is 8.78 Å². The van der Waals surface area contributed by atoms with Gasteiger partial charge in [0.2, 0.25) is 0 Å². The topological polar surface area (TPSA) is 38.1 Å². The summed E-state index contributed by atoms with van der Waals surface area (Å²) in [4.78, 5) is 0. The summed E-state index contributed by atoms with van der Waals surface area (Å²) in [6.07, 6.45) is 1.54. The first-order valence-corrected chi connectivity index (χ1v) is 4.79. The average molecular weight is 224 g/mol. The minimum Gasteiger partial charge on any atom is -0.360 e. The highest BCUT2D eigenvalue weighted by Crippen LogP contribution is 2.07. The van der Waals surface area contributed by atoms with Crippen LogP contribution in [0.15, 0.2) is 35.0 Å². The van der Waals surface area contributed by atoms with Crippen molar-refractivity contribution in [3.63, 3.8) is 0 Å². The molecule has 0 saturated heterocycles. The smallest absolute Gasteiger partial charge is 0.150 e. The summed E-state index contributed by atoms with van der Waals surface area (Å²) in [5.74, 6) is -0.468. The van der Waals surface area contributed by atoms with Gasteiger partial charge in [0.1, 0.15) is 17.4 Å². The molecule has 16 heavy (non-hydrogen) atoms. The molecule has 0 amide bonds. The molecule has 0 bridgehead atoms. The summed E-state index contributed by atoms with van der Waals surface area (Å²) in [5.41, 5.74) is 0.553. The van der Waals surface area contributed by atoms with E-state index in [1.807, 2.05) is 0 Å². The maximum absolute atomic E-state index is 12.8. The summed E-state index contributed by atoms with van der Waals surface area (Å²) in [5, 5.41) is 6.53. The Kier molecular flexibility index (Phi) is 3.26. The van der Waals surface area contributed by atoms with Gasteiger partial charge in [-0.2, -0.15) is 0 Å². The normalized spacial score (nSPS) is 10.6. The highest BCUT2D eigenvalue weighted by Gasteiger charge is 2.01. The van der Waals surface area contributed by atoms with Crippen LogP contribution in [-0.4, -0.2) is 5.16 Å². The second-order valence-corrected chi connectivity index (χ2v) is 3.36. The molecular weight excluding hydrogens is 214 g/mol. The molecule has 1 aromatic carbocycles. The third-order valence-corrected chi connectivity index (χ3v) is 2.04. The number of nitrogens with zero attached hydrogens (tertiary/aromatic N) is 1. The van der Waals surface area contributed by atoms with Crippen molar-refractivity contribution in [2.75, 3.05) is 0 Å². The molecule has 1 N–H and O–H groups in total. The fraction of sp³-hybridized carbons (Fsp3) is 0.182. The van der Waals surface area contributed by atoms with E-state index >= 15 is 0 Å². The monoisotopic (exact) mass is 224 g/mol. The molecule has 0 aliphatic carbocycles. The molecule has 2 rings (SSSR count). The Morgan fingerprint density at radius 1 is 1.12 bits per heavy atom. The van der Waals surface area contributed by atoms with Gasteiger partial charge in [-0.05, 0) is 17.7 Å². The van der Waals surface area contributed by atoms with E-state index in [1.54, 1.807) is 12.3 Å². The standard InChI is InChI=1S/C11H10F2N2O/c12-9-3-8(4-10(13)5-9)6-14-7-11-1-2-15-16-11/h1-5,14H,6-7H2. The number of rotatable bonds is 4. The molecule has 5 heteroatoms. The van der Waals surface area contributed by atoms with Crippen molar-refractivity contribution in [1.82, 2.24) is 10.5 Å². The average Bonchev–Trinajstić information content (AvgIpc) is 2.69. The van der Waals surface area contributed by atoms with Crippen LogP contribution in [0.1, 0.15) is 11.3 Å². The Morgan fingerprint density at radius 3 is 2.50 bits per heavy atom. The van der Waals surface area contributed by atoms with Gasteiger partial charge in [0.15, 0.2) is 0 Å². The van der Waals surface area contributed by atoms with Crippen molar-refractivity contribution in [3.05, 3.63) is 53.4 Å². The van der Waals surface area contributed by atoms with Crippen molar-refractivity contribution in [1.29, 1.82) is 0 Å². The van der Waals surface area contributed by atoms with Crippen molar-refractivity contribution in [3.8, 4) is 0 Å². The molecule has 0 aliphatic heterocycles. The summed E-state index contributed by atoms with van der Waals surface area (Å²) in [7, 11) is 0. The molecule has 0 aliphatic rings. The molecule has 2 aromatic rings. The number of benzene rings is 1. The quantitative estimate of drug-likeness (QED) is 0.865. The molecule has 0 unspecified atom stereocenters. The number of nitrogens with one attached hydrogen (secondary N) is 1. The van der Waals surface area contributed by atoms with E-state index in [4.69, 9.17) is 4.52 Å². The first-order valence-electron chi connectivity index (χ1n) is 4.79. The second-order valence-electron chi connectivity index (χ2n) is 3.36. The molecule has 3 nitrogen and oxygen atoms in total. The van der Waals surface area contributed by atoms with Crippen molar-refractivity contribution in [2.24, 2.45) is 0 Å². The van der Waals surface area contributed by atoms with E-state index in [-0.39, 0.29) is 0 Å². The zero-order valence-corrected chi connectivity index (χ0v) is 8.41. The predicted molar refractivity (Wildman–Crippen MR) is 53.4 cm³/mol. The predicted octanol–water partition coefficient (Wildman–Crippen LogP) is 2.24. The number of hydrogen-bond acceptors (Lipinski definition) is 3. The summed E-state index contributed by atoms with van der Waals surface area (Å²) in [6, 6.07) is 5.14. The number of halogens is 2. The van der Waals surface area contributed by atoms with Crippen LogP contribution in [-0.2, 0) is 13.1 Å². The maximum Gasteiger partial charge on any atom is 0.150 e. The first kappa shape index (κ1) is 10.8. The van der Waals surface area contributed by atoms with Gasteiger partial charge in [-0.25, -0.2) is 8.78 Å². The molecule has 0 atom stereocenters. The molecule has 0 spiro atoms. The Balaban J connectivity index is 1.89. The van der Waals surface area contributed by atoms with Crippen LogP contribution in [0, 0.1) is 11.6 Å². The zero-order valence-electron chi connectivity index (χ0n) is 8.41. The van der Waals surface area contributed by atoms with Gasteiger partial charge in [0, 0.05) is 18.7 Å². The fourth-order valence-electron chi connectivity index (χ4n) is 1.38. The van der Waals surface area contributed by atoms with E-state index in [9.17, 15) is 8.78 Å². The molecular formula is C11H10F2N2O. The molecule has 1 heterocycles. The lowest BCUT2D eigenvalue weighted by Gasteiger charge is -2.03. The lowest BCUT2D eigenvalue weighted by molar-refractivity contribution is 0.372.